The summed E-state index contributed by atoms with van der Waals surface area (Å²) in [5.74, 6) is -2.05. The van der Waals surface area contributed by atoms with Crippen LogP contribution in [-0.4, -0.2) is 5.97 Å². The van der Waals surface area contributed by atoms with Crippen molar-refractivity contribution in [3.05, 3.63) is 64.7 Å². The van der Waals surface area contributed by atoms with Gasteiger partial charge in [0.1, 0.15) is 24.3 Å². The zero-order valence-corrected chi connectivity index (χ0v) is 10.8. The highest BCUT2D eigenvalue weighted by atomic mass is 19.1. The molecule has 106 valence electrons. The van der Waals surface area contributed by atoms with Gasteiger partial charge in [-0.2, -0.15) is 5.26 Å². The summed E-state index contributed by atoms with van der Waals surface area (Å²) < 4.78 is 31.2. The van der Waals surface area contributed by atoms with Crippen molar-refractivity contribution in [3.8, 4) is 6.07 Å². The van der Waals surface area contributed by atoms with E-state index >= 15 is 0 Å². The molecule has 0 amide bonds. The van der Waals surface area contributed by atoms with Gasteiger partial charge in [0.25, 0.3) is 0 Å². The van der Waals surface area contributed by atoms with Gasteiger partial charge in [-0.15, -0.1) is 0 Å². The lowest BCUT2D eigenvalue weighted by Gasteiger charge is -2.07. The van der Waals surface area contributed by atoms with Gasteiger partial charge in [-0.25, -0.2) is 13.6 Å². The van der Waals surface area contributed by atoms with Crippen LogP contribution in [0.2, 0.25) is 0 Å². The Morgan fingerprint density at radius 1 is 1.24 bits per heavy atom. The number of anilines is 1. The van der Waals surface area contributed by atoms with Crippen molar-refractivity contribution in [2.45, 2.75) is 6.61 Å². The second-order valence-electron chi connectivity index (χ2n) is 4.23. The standard InChI is InChI=1S/C15H10F2N2O2/c16-11-2-4-14(19)12(6-11)15(20)21-8-9-1-3-13(17)10(5-9)7-18/h1-6H,8,19H2. The van der Waals surface area contributed by atoms with Crippen molar-refractivity contribution in [2.24, 2.45) is 0 Å². The fraction of sp³-hybridized carbons (Fsp3) is 0.0667. The monoisotopic (exact) mass is 288 g/mol. The lowest BCUT2D eigenvalue weighted by Crippen LogP contribution is -2.09. The van der Waals surface area contributed by atoms with E-state index in [1.807, 2.05) is 0 Å². The first-order valence-corrected chi connectivity index (χ1v) is 5.92. The quantitative estimate of drug-likeness (QED) is 0.696. The van der Waals surface area contributed by atoms with Crippen LogP contribution in [0.3, 0.4) is 0 Å². The highest BCUT2D eigenvalue weighted by Gasteiger charge is 2.13. The van der Waals surface area contributed by atoms with Crippen molar-refractivity contribution in [2.75, 3.05) is 5.73 Å². The van der Waals surface area contributed by atoms with E-state index in [0.717, 1.165) is 18.2 Å². The summed E-state index contributed by atoms with van der Waals surface area (Å²) in [7, 11) is 0. The molecule has 6 heteroatoms. The molecule has 0 radical (unpaired) electrons. The van der Waals surface area contributed by atoms with Crippen LogP contribution in [0.15, 0.2) is 36.4 Å². The largest absolute Gasteiger partial charge is 0.457 e. The van der Waals surface area contributed by atoms with E-state index in [2.05, 4.69) is 0 Å². The number of carbonyl (C=O) groups is 1. The van der Waals surface area contributed by atoms with Crippen LogP contribution in [0.4, 0.5) is 14.5 Å². The molecule has 0 aliphatic heterocycles. The van der Waals surface area contributed by atoms with Crippen molar-refractivity contribution in [3.63, 3.8) is 0 Å². The Bertz CT molecular complexity index is 739. The number of halogens is 2. The summed E-state index contributed by atoms with van der Waals surface area (Å²) in [5, 5.41) is 8.71. The number of hydrogen-bond acceptors (Lipinski definition) is 4. The van der Waals surface area contributed by atoms with E-state index in [4.69, 9.17) is 15.7 Å². The fourth-order valence-corrected chi connectivity index (χ4v) is 1.68. The van der Waals surface area contributed by atoms with Crippen LogP contribution in [-0.2, 0) is 11.3 Å². The smallest absolute Gasteiger partial charge is 0.340 e. The van der Waals surface area contributed by atoms with E-state index in [1.165, 1.54) is 18.2 Å². The zero-order valence-electron chi connectivity index (χ0n) is 10.8. The Morgan fingerprint density at radius 2 is 2.00 bits per heavy atom. The number of hydrogen-bond donors (Lipinski definition) is 1. The predicted octanol–water partition coefficient (Wildman–Crippen LogP) is 2.78. The number of nitrogens with two attached hydrogens (primary N) is 1. The Morgan fingerprint density at radius 3 is 2.71 bits per heavy atom. The molecule has 0 saturated carbocycles. The number of ether oxygens (including phenoxy) is 1. The molecule has 21 heavy (non-hydrogen) atoms. The first-order chi connectivity index (χ1) is 10.0. The Balaban J connectivity index is 2.11. The van der Waals surface area contributed by atoms with Crippen LogP contribution in [0, 0.1) is 23.0 Å². The molecule has 0 spiro atoms. The Labute approximate surface area is 119 Å². The molecule has 0 heterocycles. The van der Waals surface area contributed by atoms with Gasteiger partial charge in [0.15, 0.2) is 0 Å². The first kappa shape index (κ1) is 14.5. The molecule has 0 unspecified atom stereocenters. The average Bonchev–Trinajstić information content (AvgIpc) is 2.48. The Kier molecular flexibility index (Phi) is 4.14. The topological polar surface area (TPSA) is 76.1 Å². The van der Waals surface area contributed by atoms with Crippen LogP contribution >= 0.6 is 0 Å². The van der Waals surface area contributed by atoms with Crippen molar-refractivity contribution < 1.29 is 18.3 Å². The van der Waals surface area contributed by atoms with Crippen LogP contribution < -0.4 is 5.73 Å². The van der Waals surface area contributed by atoms with Gasteiger partial charge in [0, 0.05) is 5.69 Å². The number of esters is 1. The summed E-state index contributed by atoms with van der Waals surface area (Å²) in [6.07, 6.45) is 0. The Hall–Kier alpha value is -2.94. The van der Waals surface area contributed by atoms with Gasteiger partial charge in [0.05, 0.1) is 11.1 Å². The molecule has 2 aromatic carbocycles. The molecule has 2 aromatic rings. The first-order valence-electron chi connectivity index (χ1n) is 5.92. The number of nitrogens with zero attached hydrogens (tertiary/aromatic N) is 1. The van der Waals surface area contributed by atoms with Crippen molar-refractivity contribution in [1.29, 1.82) is 5.26 Å². The highest BCUT2D eigenvalue weighted by molar-refractivity contribution is 5.95. The third-order valence-corrected chi connectivity index (χ3v) is 2.76. The van der Waals surface area contributed by atoms with Crippen molar-refractivity contribution >= 4 is 11.7 Å². The number of nitrogen functional groups attached to an aromatic ring is 1. The third kappa shape index (κ3) is 3.34. The second kappa shape index (κ2) is 6.01. The fourth-order valence-electron chi connectivity index (χ4n) is 1.68. The van der Waals surface area contributed by atoms with Gasteiger partial charge in [-0.05, 0) is 35.9 Å². The summed E-state index contributed by atoms with van der Waals surface area (Å²) in [6, 6.07) is 8.83. The number of carbonyl (C=O) groups excluding carboxylic acids is 1. The number of nitriles is 1. The SMILES string of the molecule is N#Cc1cc(COC(=O)c2cc(F)ccc2N)ccc1F. The summed E-state index contributed by atoms with van der Waals surface area (Å²) in [6.45, 7) is -0.177. The van der Waals surface area contributed by atoms with Gasteiger partial charge >= 0.3 is 5.97 Å². The van der Waals surface area contributed by atoms with Gasteiger partial charge in [-0.1, -0.05) is 6.07 Å². The average molecular weight is 288 g/mol. The molecular weight excluding hydrogens is 278 g/mol. The molecule has 2 N–H and O–H groups in total. The minimum Gasteiger partial charge on any atom is -0.457 e. The van der Waals surface area contributed by atoms with Gasteiger partial charge < -0.3 is 10.5 Å². The molecule has 0 atom stereocenters. The maximum Gasteiger partial charge on any atom is 0.340 e. The van der Waals surface area contributed by atoms with Gasteiger partial charge in [-0.3, -0.25) is 0 Å². The maximum atomic E-state index is 13.1. The minimum atomic E-state index is -0.796. The lowest BCUT2D eigenvalue weighted by molar-refractivity contribution is 0.0473. The summed E-state index contributed by atoms with van der Waals surface area (Å²) in [4.78, 5) is 11.8. The van der Waals surface area contributed by atoms with Crippen molar-refractivity contribution in [1.82, 2.24) is 0 Å². The van der Waals surface area contributed by atoms with Gasteiger partial charge in [0.2, 0.25) is 0 Å². The molecule has 0 saturated heterocycles. The maximum absolute atomic E-state index is 13.1. The minimum absolute atomic E-state index is 0.0855. The molecule has 0 aromatic heterocycles. The van der Waals surface area contributed by atoms with Crippen LogP contribution in [0.1, 0.15) is 21.5 Å². The lowest BCUT2D eigenvalue weighted by atomic mass is 10.1. The number of rotatable bonds is 3. The normalized spacial score (nSPS) is 9.95. The molecule has 0 aliphatic rings. The molecular formula is C15H10F2N2O2. The van der Waals surface area contributed by atoms with E-state index < -0.39 is 17.6 Å². The van der Waals surface area contributed by atoms with Crippen LogP contribution in [0.25, 0.3) is 0 Å². The molecule has 4 nitrogen and oxygen atoms in total. The summed E-state index contributed by atoms with van der Waals surface area (Å²) >= 11 is 0. The zero-order chi connectivity index (χ0) is 15.4. The van der Waals surface area contributed by atoms with E-state index in [1.54, 1.807) is 6.07 Å². The molecule has 2 rings (SSSR count). The van der Waals surface area contributed by atoms with E-state index in [0.29, 0.717) is 5.56 Å². The predicted molar refractivity (Wildman–Crippen MR) is 71.0 cm³/mol. The summed E-state index contributed by atoms with van der Waals surface area (Å²) in [5.41, 5.74) is 5.87. The third-order valence-electron chi connectivity index (χ3n) is 2.76. The van der Waals surface area contributed by atoms with E-state index in [9.17, 15) is 13.6 Å². The highest BCUT2D eigenvalue weighted by Crippen LogP contribution is 2.16. The molecule has 0 fully saturated rings. The number of benzene rings is 2. The van der Waals surface area contributed by atoms with Crippen LogP contribution in [0.5, 0.6) is 0 Å². The molecule has 0 aliphatic carbocycles. The second-order valence-corrected chi connectivity index (χ2v) is 4.23. The molecule has 0 bridgehead atoms. The van der Waals surface area contributed by atoms with E-state index in [-0.39, 0.29) is 23.4 Å².